The Bertz CT molecular complexity index is 1100. The van der Waals surface area contributed by atoms with Crippen LogP contribution in [0.2, 0.25) is 0 Å². The second-order valence-electron chi connectivity index (χ2n) is 6.97. The lowest BCUT2D eigenvalue weighted by molar-refractivity contribution is 0.641. The first-order chi connectivity index (χ1) is 13.8. The molecule has 0 atom stereocenters. The summed E-state index contributed by atoms with van der Waals surface area (Å²) in [4.78, 5) is 18.2. The summed E-state index contributed by atoms with van der Waals surface area (Å²) in [6.45, 7) is 5.57. The molecule has 140 valence electrons. The summed E-state index contributed by atoms with van der Waals surface area (Å²) in [6.07, 6.45) is 5.37. The number of anilines is 2. The molecule has 7 nitrogen and oxygen atoms in total. The van der Waals surface area contributed by atoms with Crippen LogP contribution in [0, 0.1) is 6.92 Å². The minimum Gasteiger partial charge on any atom is -0.353 e. The molecule has 4 aromatic rings. The number of fused-ring (bicyclic) bond motifs is 1. The monoisotopic (exact) mass is 371 g/mol. The molecule has 0 saturated carbocycles. The van der Waals surface area contributed by atoms with Gasteiger partial charge in [0, 0.05) is 50.2 Å². The molecule has 1 aromatic carbocycles. The van der Waals surface area contributed by atoms with E-state index in [9.17, 15) is 0 Å². The largest absolute Gasteiger partial charge is 0.353 e. The predicted octanol–water partition coefficient (Wildman–Crippen LogP) is 2.82. The van der Waals surface area contributed by atoms with Crippen LogP contribution in [0.3, 0.4) is 0 Å². The maximum absolute atomic E-state index is 4.62. The van der Waals surface area contributed by atoms with Crippen LogP contribution in [0.1, 0.15) is 5.69 Å². The zero-order valence-electron chi connectivity index (χ0n) is 15.7. The number of hydrogen-bond donors (Lipinski definition) is 0. The summed E-state index contributed by atoms with van der Waals surface area (Å²) in [5.41, 5.74) is 4.12. The van der Waals surface area contributed by atoms with Crippen molar-refractivity contribution in [3.63, 3.8) is 0 Å². The Balaban J connectivity index is 1.35. The highest BCUT2D eigenvalue weighted by Gasteiger charge is 2.21. The SMILES string of the molecule is Cc1cc2c(N3CCN(c4cc(-c5ccccc5)ncn4)CC3)nccn2n1. The first-order valence-electron chi connectivity index (χ1n) is 9.46. The fourth-order valence-corrected chi connectivity index (χ4v) is 3.71. The van der Waals surface area contributed by atoms with Crippen molar-refractivity contribution in [1.82, 2.24) is 24.6 Å². The van der Waals surface area contributed by atoms with Crippen LogP contribution in [0.5, 0.6) is 0 Å². The summed E-state index contributed by atoms with van der Waals surface area (Å²) >= 11 is 0. The van der Waals surface area contributed by atoms with Gasteiger partial charge in [-0.1, -0.05) is 30.3 Å². The lowest BCUT2D eigenvalue weighted by Crippen LogP contribution is -2.47. The van der Waals surface area contributed by atoms with Crippen molar-refractivity contribution in [2.24, 2.45) is 0 Å². The Hall–Kier alpha value is -3.48. The van der Waals surface area contributed by atoms with Gasteiger partial charge >= 0.3 is 0 Å². The topological polar surface area (TPSA) is 62.5 Å². The van der Waals surface area contributed by atoms with Crippen LogP contribution in [0.15, 0.2) is 61.2 Å². The molecule has 5 rings (SSSR count). The molecule has 0 bridgehead atoms. The molecule has 28 heavy (non-hydrogen) atoms. The summed E-state index contributed by atoms with van der Waals surface area (Å²) in [5.74, 6) is 1.97. The van der Waals surface area contributed by atoms with Crippen molar-refractivity contribution < 1.29 is 0 Å². The zero-order valence-corrected chi connectivity index (χ0v) is 15.7. The van der Waals surface area contributed by atoms with E-state index in [0.717, 1.165) is 60.3 Å². The Kier molecular flexibility index (Phi) is 4.12. The molecular weight excluding hydrogens is 350 g/mol. The Morgan fingerprint density at radius 1 is 0.857 bits per heavy atom. The van der Waals surface area contributed by atoms with Crippen molar-refractivity contribution in [1.29, 1.82) is 0 Å². The number of benzene rings is 1. The highest BCUT2D eigenvalue weighted by Crippen LogP contribution is 2.24. The van der Waals surface area contributed by atoms with Gasteiger partial charge in [-0.3, -0.25) is 0 Å². The third-order valence-corrected chi connectivity index (χ3v) is 5.12. The Morgan fingerprint density at radius 2 is 1.64 bits per heavy atom. The number of aryl methyl sites for hydroxylation is 1. The van der Waals surface area contributed by atoms with Gasteiger partial charge in [-0.05, 0) is 13.0 Å². The van der Waals surface area contributed by atoms with Crippen LogP contribution in [0.25, 0.3) is 16.8 Å². The van der Waals surface area contributed by atoms with E-state index in [1.165, 1.54) is 0 Å². The maximum atomic E-state index is 4.62. The van der Waals surface area contributed by atoms with Gasteiger partial charge in [0.15, 0.2) is 5.82 Å². The second-order valence-corrected chi connectivity index (χ2v) is 6.97. The highest BCUT2D eigenvalue weighted by molar-refractivity contribution is 5.69. The van der Waals surface area contributed by atoms with Crippen molar-refractivity contribution in [2.45, 2.75) is 6.92 Å². The number of rotatable bonds is 3. The van der Waals surface area contributed by atoms with E-state index >= 15 is 0 Å². The molecule has 1 fully saturated rings. The average Bonchev–Trinajstić information content (AvgIpc) is 3.15. The molecule has 0 aliphatic carbocycles. The van der Waals surface area contributed by atoms with Gasteiger partial charge in [0.05, 0.1) is 11.4 Å². The first kappa shape index (κ1) is 16.7. The van der Waals surface area contributed by atoms with Crippen LogP contribution in [-0.4, -0.2) is 50.7 Å². The van der Waals surface area contributed by atoms with Gasteiger partial charge in [0.1, 0.15) is 17.7 Å². The number of nitrogens with zero attached hydrogens (tertiary/aromatic N) is 7. The Morgan fingerprint density at radius 3 is 2.46 bits per heavy atom. The molecule has 0 radical (unpaired) electrons. The van der Waals surface area contributed by atoms with E-state index in [1.807, 2.05) is 42.0 Å². The van der Waals surface area contributed by atoms with E-state index in [1.54, 1.807) is 6.33 Å². The van der Waals surface area contributed by atoms with E-state index < -0.39 is 0 Å². The molecule has 0 spiro atoms. The number of piperazine rings is 1. The first-order valence-corrected chi connectivity index (χ1v) is 9.46. The fraction of sp³-hybridized carbons (Fsp3) is 0.238. The standard InChI is InChI=1S/C21H21N7/c1-16-13-19-21(22-7-8-28(19)25-16)27-11-9-26(10-12-27)20-14-18(23-15-24-20)17-5-3-2-4-6-17/h2-8,13-15H,9-12H2,1H3. The van der Waals surface area contributed by atoms with Gasteiger partial charge in [-0.25, -0.2) is 19.5 Å². The van der Waals surface area contributed by atoms with Crippen molar-refractivity contribution in [3.05, 3.63) is 66.9 Å². The molecule has 1 saturated heterocycles. The predicted molar refractivity (Wildman–Crippen MR) is 110 cm³/mol. The molecule has 0 amide bonds. The minimum atomic E-state index is 0.890. The lowest BCUT2D eigenvalue weighted by atomic mass is 10.1. The lowest BCUT2D eigenvalue weighted by Gasteiger charge is -2.36. The number of aromatic nitrogens is 5. The molecule has 0 unspecified atom stereocenters. The van der Waals surface area contributed by atoms with Crippen molar-refractivity contribution in [3.8, 4) is 11.3 Å². The smallest absolute Gasteiger partial charge is 0.154 e. The van der Waals surface area contributed by atoms with Crippen molar-refractivity contribution in [2.75, 3.05) is 36.0 Å². The zero-order chi connectivity index (χ0) is 18.9. The van der Waals surface area contributed by atoms with Crippen LogP contribution in [0.4, 0.5) is 11.6 Å². The van der Waals surface area contributed by atoms with Gasteiger partial charge < -0.3 is 9.80 Å². The van der Waals surface area contributed by atoms with Crippen LogP contribution < -0.4 is 9.80 Å². The molecule has 3 aromatic heterocycles. The van der Waals surface area contributed by atoms with Crippen LogP contribution in [-0.2, 0) is 0 Å². The summed E-state index contributed by atoms with van der Waals surface area (Å²) in [5, 5.41) is 4.49. The fourth-order valence-electron chi connectivity index (χ4n) is 3.71. The van der Waals surface area contributed by atoms with E-state index in [2.05, 4.69) is 54.1 Å². The van der Waals surface area contributed by atoms with Crippen LogP contribution >= 0.6 is 0 Å². The molecular formula is C21H21N7. The van der Waals surface area contributed by atoms with Gasteiger partial charge in [0.2, 0.25) is 0 Å². The van der Waals surface area contributed by atoms with Gasteiger partial charge in [-0.15, -0.1) is 0 Å². The normalized spacial score (nSPS) is 14.6. The maximum Gasteiger partial charge on any atom is 0.154 e. The third-order valence-electron chi connectivity index (χ3n) is 5.12. The summed E-state index contributed by atoms with van der Waals surface area (Å²) < 4.78 is 1.90. The average molecular weight is 371 g/mol. The molecule has 0 N–H and O–H groups in total. The van der Waals surface area contributed by atoms with E-state index in [4.69, 9.17) is 0 Å². The highest BCUT2D eigenvalue weighted by atomic mass is 15.3. The molecule has 4 heterocycles. The Labute approximate surface area is 163 Å². The van der Waals surface area contributed by atoms with Gasteiger partial charge in [0.25, 0.3) is 0 Å². The number of hydrogen-bond acceptors (Lipinski definition) is 6. The van der Waals surface area contributed by atoms with E-state index in [-0.39, 0.29) is 0 Å². The van der Waals surface area contributed by atoms with Crippen molar-refractivity contribution >= 4 is 17.2 Å². The summed E-state index contributed by atoms with van der Waals surface area (Å²) in [7, 11) is 0. The second kappa shape index (κ2) is 6.92. The van der Waals surface area contributed by atoms with Gasteiger partial charge in [-0.2, -0.15) is 5.10 Å². The van der Waals surface area contributed by atoms with E-state index in [0.29, 0.717) is 0 Å². The third kappa shape index (κ3) is 3.05. The molecule has 1 aliphatic rings. The molecule has 1 aliphatic heterocycles. The summed E-state index contributed by atoms with van der Waals surface area (Å²) in [6, 6.07) is 14.4. The quantitative estimate of drug-likeness (QED) is 0.552. The molecule has 7 heteroatoms. The minimum absolute atomic E-state index is 0.890.